The van der Waals surface area contributed by atoms with Crippen LogP contribution in [0, 0.1) is 5.92 Å². The van der Waals surface area contributed by atoms with Gasteiger partial charge >= 0.3 is 0 Å². The number of carbonyl (C=O) groups excluding carboxylic acids is 1. The molecule has 0 aliphatic carbocycles. The van der Waals surface area contributed by atoms with Crippen molar-refractivity contribution in [2.45, 2.75) is 12.8 Å². The molecule has 0 bridgehead atoms. The highest BCUT2D eigenvalue weighted by atomic mass is 32.1. The van der Waals surface area contributed by atoms with Crippen molar-refractivity contribution >= 4 is 22.2 Å². The molecule has 4 nitrogen and oxygen atoms in total. The second kappa shape index (κ2) is 6.31. The van der Waals surface area contributed by atoms with Crippen LogP contribution in [0.5, 0.6) is 0 Å². The molecule has 1 aliphatic rings. The summed E-state index contributed by atoms with van der Waals surface area (Å²) in [4.78, 5) is 16.5. The number of hydrogen-bond acceptors (Lipinski definition) is 4. The van der Waals surface area contributed by atoms with Crippen molar-refractivity contribution in [2.24, 2.45) is 11.7 Å². The van der Waals surface area contributed by atoms with Crippen molar-refractivity contribution in [3.05, 3.63) is 17.5 Å². The SMILES string of the molecule is CN(C(=O)C1CCN(CCN)CC1)c1cccs1. The molecule has 1 amide bonds. The van der Waals surface area contributed by atoms with Gasteiger partial charge in [0, 0.05) is 26.1 Å². The van der Waals surface area contributed by atoms with Crippen LogP contribution in [0.2, 0.25) is 0 Å². The minimum absolute atomic E-state index is 0.172. The van der Waals surface area contributed by atoms with Gasteiger partial charge in [-0.3, -0.25) is 4.79 Å². The highest BCUT2D eigenvalue weighted by Gasteiger charge is 2.27. The number of nitrogens with zero attached hydrogens (tertiary/aromatic N) is 2. The van der Waals surface area contributed by atoms with E-state index in [1.807, 2.05) is 24.6 Å². The molecular weight excluding hydrogens is 246 g/mol. The van der Waals surface area contributed by atoms with Crippen molar-refractivity contribution in [3.63, 3.8) is 0 Å². The Kier molecular flexibility index (Phi) is 4.74. The second-order valence-corrected chi connectivity index (χ2v) is 5.68. The van der Waals surface area contributed by atoms with E-state index in [4.69, 9.17) is 5.73 Å². The molecule has 1 saturated heterocycles. The molecule has 5 heteroatoms. The molecule has 0 saturated carbocycles. The number of rotatable bonds is 4. The van der Waals surface area contributed by atoms with E-state index in [1.165, 1.54) is 0 Å². The molecule has 0 unspecified atom stereocenters. The van der Waals surface area contributed by atoms with E-state index >= 15 is 0 Å². The number of anilines is 1. The van der Waals surface area contributed by atoms with E-state index in [1.54, 1.807) is 16.2 Å². The Balaban J connectivity index is 1.87. The lowest BCUT2D eigenvalue weighted by atomic mass is 9.95. The molecule has 18 heavy (non-hydrogen) atoms. The number of hydrogen-bond donors (Lipinski definition) is 1. The van der Waals surface area contributed by atoms with Crippen molar-refractivity contribution in [1.82, 2.24) is 4.90 Å². The van der Waals surface area contributed by atoms with Crippen molar-refractivity contribution < 1.29 is 4.79 Å². The average molecular weight is 267 g/mol. The first-order valence-electron chi connectivity index (χ1n) is 6.46. The summed E-state index contributed by atoms with van der Waals surface area (Å²) in [5.74, 6) is 0.427. The molecule has 2 rings (SSSR count). The summed E-state index contributed by atoms with van der Waals surface area (Å²) < 4.78 is 0. The smallest absolute Gasteiger partial charge is 0.230 e. The Labute approximate surface area is 112 Å². The third kappa shape index (κ3) is 3.10. The van der Waals surface area contributed by atoms with Crippen LogP contribution >= 0.6 is 11.3 Å². The molecule has 0 atom stereocenters. The molecule has 0 radical (unpaired) electrons. The van der Waals surface area contributed by atoms with E-state index in [-0.39, 0.29) is 11.8 Å². The van der Waals surface area contributed by atoms with Crippen molar-refractivity contribution in [2.75, 3.05) is 38.1 Å². The Hall–Kier alpha value is -0.910. The first kappa shape index (κ1) is 13.5. The quantitative estimate of drug-likeness (QED) is 0.896. The molecule has 1 fully saturated rings. The molecule has 2 heterocycles. The van der Waals surface area contributed by atoms with Gasteiger partial charge in [0.05, 0.1) is 5.00 Å². The summed E-state index contributed by atoms with van der Waals surface area (Å²) in [7, 11) is 1.88. The predicted octanol–water partition coefficient (Wildman–Crippen LogP) is 1.38. The minimum atomic E-state index is 0.172. The summed E-state index contributed by atoms with van der Waals surface area (Å²) in [6.45, 7) is 3.63. The highest BCUT2D eigenvalue weighted by molar-refractivity contribution is 7.14. The zero-order chi connectivity index (χ0) is 13.0. The Morgan fingerprint density at radius 2 is 2.28 bits per heavy atom. The lowest BCUT2D eigenvalue weighted by molar-refractivity contribution is -0.123. The fourth-order valence-corrected chi connectivity index (χ4v) is 3.13. The summed E-state index contributed by atoms with van der Waals surface area (Å²) >= 11 is 1.61. The monoisotopic (exact) mass is 267 g/mol. The Bertz CT molecular complexity index is 372. The van der Waals surface area contributed by atoms with Gasteiger partial charge in [0.25, 0.3) is 0 Å². The second-order valence-electron chi connectivity index (χ2n) is 4.75. The lowest BCUT2D eigenvalue weighted by Crippen LogP contribution is -2.42. The normalized spacial score (nSPS) is 17.9. The van der Waals surface area contributed by atoms with Crippen LogP contribution in [-0.2, 0) is 4.79 Å². The van der Waals surface area contributed by atoms with Gasteiger partial charge in [-0.2, -0.15) is 0 Å². The topological polar surface area (TPSA) is 49.6 Å². The van der Waals surface area contributed by atoms with Gasteiger partial charge in [0.2, 0.25) is 5.91 Å². The summed E-state index contributed by atoms with van der Waals surface area (Å²) in [5, 5.41) is 3.03. The van der Waals surface area contributed by atoms with Gasteiger partial charge in [-0.1, -0.05) is 0 Å². The number of carbonyl (C=O) groups is 1. The minimum Gasteiger partial charge on any atom is -0.329 e. The summed E-state index contributed by atoms with van der Waals surface area (Å²) in [5.41, 5.74) is 5.55. The van der Waals surface area contributed by atoms with Gasteiger partial charge in [-0.05, 0) is 43.4 Å². The first-order chi connectivity index (χ1) is 8.72. The van der Waals surface area contributed by atoms with Gasteiger partial charge in [0.1, 0.15) is 0 Å². The molecule has 0 spiro atoms. The molecular formula is C13H21N3OS. The molecule has 0 aromatic carbocycles. The van der Waals surface area contributed by atoms with E-state index in [0.717, 1.165) is 37.5 Å². The van der Waals surface area contributed by atoms with Gasteiger partial charge < -0.3 is 15.5 Å². The molecule has 100 valence electrons. The molecule has 1 aromatic rings. The largest absolute Gasteiger partial charge is 0.329 e. The fourth-order valence-electron chi connectivity index (χ4n) is 2.43. The van der Waals surface area contributed by atoms with E-state index in [9.17, 15) is 4.79 Å². The van der Waals surface area contributed by atoms with Crippen LogP contribution < -0.4 is 10.6 Å². The first-order valence-corrected chi connectivity index (χ1v) is 7.34. The van der Waals surface area contributed by atoms with Crippen molar-refractivity contribution in [1.29, 1.82) is 0 Å². The number of nitrogens with two attached hydrogens (primary N) is 1. The van der Waals surface area contributed by atoms with E-state index in [2.05, 4.69) is 4.90 Å². The fraction of sp³-hybridized carbons (Fsp3) is 0.615. The zero-order valence-corrected chi connectivity index (χ0v) is 11.7. The van der Waals surface area contributed by atoms with Crippen LogP contribution in [-0.4, -0.2) is 44.0 Å². The predicted molar refractivity (Wildman–Crippen MR) is 75.9 cm³/mol. The third-order valence-corrected chi connectivity index (χ3v) is 4.49. The molecule has 1 aromatic heterocycles. The summed E-state index contributed by atoms with van der Waals surface area (Å²) in [6.07, 6.45) is 1.91. The molecule has 1 aliphatic heterocycles. The Morgan fingerprint density at radius 3 is 2.83 bits per heavy atom. The van der Waals surface area contributed by atoms with Crippen molar-refractivity contribution in [3.8, 4) is 0 Å². The zero-order valence-electron chi connectivity index (χ0n) is 10.8. The van der Waals surface area contributed by atoms with Crippen LogP contribution in [0.1, 0.15) is 12.8 Å². The van der Waals surface area contributed by atoms with E-state index < -0.39 is 0 Å². The third-order valence-electron chi connectivity index (χ3n) is 3.55. The van der Waals surface area contributed by atoms with Crippen LogP contribution in [0.4, 0.5) is 5.00 Å². The maximum Gasteiger partial charge on any atom is 0.230 e. The number of amides is 1. The van der Waals surface area contributed by atoms with E-state index in [0.29, 0.717) is 6.54 Å². The van der Waals surface area contributed by atoms with Gasteiger partial charge in [0.15, 0.2) is 0 Å². The van der Waals surface area contributed by atoms with Gasteiger partial charge in [-0.25, -0.2) is 0 Å². The van der Waals surface area contributed by atoms with Crippen LogP contribution in [0.25, 0.3) is 0 Å². The number of piperidine rings is 1. The van der Waals surface area contributed by atoms with Gasteiger partial charge in [-0.15, -0.1) is 11.3 Å². The standard InChI is InChI=1S/C13H21N3OS/c1-15(12-3-2-10-18-12)13(17)11-4-7-16(8-5-11)9-6-14/h2-3,10-11H,4-9,14H2,1H3. The number of likely N-dealkylation sites (tertiary alicyclic amines) is 1. The number of thiophene rings is 1. The lowest BCUT2D eigenvalue weighted by Gasteiger charge is -2.32. The van der Waals surface area contributed by atoms with Crippen LogP contribution in [0.3, 0.4) is 0 Å². The Morgan fingerprint density at radius 1 is 1.56 bits per heavy atom. The maximum absolute atomic E-state index is 12.4. The summed E-state index contributed by atoms with van der Waals surface area (Å²) in [6, 6.07) is 3.97. The average Bonchev–Trinajstić information content (AvgIpc) is 2.92. The highest BCUT2D eigenvalue weighted by Crippen LogP contribution is 2.25. The van der Waals surface area contributed by atoms with Crippen LogP contribution in [0.15, 0.2) is 17.5 Å². The molecule has 2 N–H and O–H groups in total. The maximum atomic E-state index is 12.4.